The molecule has 0 spiro atoms. The molecule has 25 nitrogen and oxygen atoms in total. The van der Waals surface area contributed by atoms with E-state index in [4.69, 9.17) is 24.7 Å². The SMILES string of the molecule is CCC(=O)N1c2ccccc2[C@H](N(C(=O)OCc2ccc(NC(=O)[C@H](CCCNC(N)=O)NC(=O)[C@@H](NC(=O)OCC3c4ccccc4-c4ccccc43)C(C)OC)cc2)c2ccc(NC(=O)CNC(=O)Nc3ccc(OCCN4CCN(C)C(=O)[C@H]4C)cc3)cc2)C[C@@H]1C. The number of methoxy groups -OCH3 is 1. The first-order valence-electron chi connectivity index (χ1n) is 31.7. The number of urea groups is 2. The first kappa shape index (κ1) is 68.8. The summed E-state index contributed by atoms with van der Waals surface area (Å²) in [7, 11) is 3.18. The van der Waals surface area contributed by atoms with Crippen LogP contribution in [0.2, 0.25) is 0 Å². The van der Waals surface area contributed by atoms with Crippen LogP contribution in [0, 0.1) is 0 Å². The van der Waals surface area contributed by atoms with E-state index in [-0.39, 0.29) is 75.4 Å². The van der Waals surface area contributed by atoms with Gasteiger partial charge in [0.15, 0.2) is 0 Å². The maximum Gasteiger partial charge on any atom is 0.415 e. The Hall–Kier alpha value is -10.5. The van der Waals surface area contributed by atoms with Gasteiger partial charge >= 0.3 is 24.2 Å². The number of amides is 11. The number of nitrogens with one attached hydrogen (secondary N) is 7. The zero-order chi connectivity index (χ0) is 67.7. The molecule has 1 saturated heterocycles. The van der Waals surface area contributed by atoms with Gasteiger partial charge in [0.25, 0.3) is 0 Å². The Morgan fingerprint density at radius 1 is 0.705 bits per heavy atom. The Morgan fingerprint density at radius 3 is 1.99 bits per heavy atom. The minimum absolute atomic E-state index is 0.00398. The lowest BCUT2D eigenvalue weighted by Gasteiger charge is -2.43. The highest BCUT2D eigenvalue weighted by Gasteiger charge is 2.40. The summed E-state index contributed by atoms with van der Waals surface area (Å²) in [6, 6.07) is 38.1. The van der Waals surface area contributed by atoms with E-state index in [1.807, 2.05) is 86.6 Å². The number of piperazine rings is 1. The van der Waals surface area contributed by atoms with Crippen LogP contribution >= 0.6 is 0 Å². The number of likely N-dealkylation sites (N-methyl/N-ethyl adjacent to an activating group) is 1. The van der Waals surface area contributed by atoms with Gasteiger partial charge in [0, 0.05) is 87.2 Å². The number of nitrogens with zero attached hydrogens (tertiary/aromatic N) is 4. The molecule has 1 unspecified atom stereocenters. The lowest BCUT2D eigenvalue weighted by Crippen LogP contribution is -2.57. The fourth-order valence-electron chi connectivity index (χ4n) is 12.0. The third-order valence-electron chi connectivity index (χ3n) is 17.2. The number of carbonyl (C=O) groups is 9. The van der Waals surface area contributed by atoms with Crippen molar-refractivity contribution >= 4 is 82.2 Å². The molecule has 11 amide bonds. The van der Waals surface area contributed by atoms with E-state index in [2.05, 4.69) is 42.1 Å². The fraction of sp³-hybridized carbons (Fsp3) is 0.357. The van der Waals surface area contributed by atoms with Crippen molar-refractivity contribution in [1.82, 2.24) is 31.1 Å². The molecule has 95 heavy (non-hydrogen) atoms. The average Bonchev–Trinajstić information content (AvgIpc) is 1.74. The van der Waals surface area contributed by atoms with Gasteiger partial charge in [-0.15, -0.1) is 0 Å². The summed E-state index contributed by atoms with van der Waals surface area (Å²) < 4.78 is 23.2. The zero-order valence-corrected chi connectivity index (χ0v) is 54.1. The number of hydrogen-bond acceptors (Lipinski definition) is 14. The summed E-state index contributed by atoms with van der Waals surface area (Å²) in [5, 5.41) is 18.7. The summed E-state index contributed by atoms with van der Waals surface area (Å²) in [6.45, 7) is 9.11. The largest absolute Gasteiger partial charge is 0.492 e. The molecule has 25 heteroatoms. The summed E-state index contributed by atoms with van der Waals surface area (Å²) in [5.74, 6) is -1.50. The summed E-state index contributed by atoms with van der Waals surface area (Å²) in [4.78, 5) is 127. The number of nitrogens with two attached hydrogens (primary N) is 1. The topological polar surface area (TPSA) is 314 Å². The van der Waals surface area contributed by atoms with Crippen LogP contribution in [0.1, 0.15) is 87.6 Å². The zero-order valence-electron chi connectivity index (χ0n) is 54.1. The van der Waals surface area contributed by atoms with Gasteiger partial charge < -0.3 is 71.7 Å². The second-order valence-electron chi connectivity index (χ2n) is 23.5. The number of para-hydroxylation sites is 1. The van der Waals surface area contributed by atoms with Crippen LogP contribution in [0.4, 0.5) is 47.6 Å². The number of hydrogen-bond donors (Lipinski definition) is 8. The van der Waals surface area contributed by atoms with Gasteiger partial charge in [-0.1, -0.05) is 85.8 Å². The highest BCUT2D eigenvalue weighted by molar-refractivity contribution is 6.00. The number of carbonyl (C=O) groups excluding carboxylic acids is 9. The van der Waals surface area contributed by atoms with Crippen LogP contribution in [-0.2, 0) is 44.8 Å². The molecule has 1 aliphatic carbocycles. The molecule has 2 heterocycles. The Bertz CT molecular complexity index is 3680. The van der Waals surface area contributed by atoms with Crippen molar-refractivity contribution in [2.75, 3.05) is 85.8 Å². The first-order valence-corrected chi connectivity index (χ1v) is 31.7. The van der Waals surface area contributed by atoms with Gasteiger partial charge in [0.05, 0.1) is 24.7 Å². The molecule has 6 atom stereocenters. The number of alkyl carbamates (subject to hydrolysis) is 1. The van der Waals surface area contributed by atoms with Crippen LogP contribution < -0.4 is 57.5 Å². The van der Waals surface area contributed by atoms with Crippen molar-refractivity contribution in [3.8, 4) is 16.9 Å². The van der Waals surface area contributed by atoms with Gasteiger partial charge in [0.1, 0.15) is 37.7 Å². The molecule has 1 fully saturated rings. The van der Waals surface area contributed by atoms with E-state index in [9.17, 15) is 43.2 Å². The normalized spacial score (nSPS) is 16.7. The van der Waals surface area contributed by atoms with Crippen LogP contribution in [-0.4, -0.2) is 154 Å². The Balaban J connectivity index is 0.813. The lowest BCUT2D eigenvalue weighted by atomic mass is 9.90. The van der Waals surface area contributed by atoms with Crippen LogP contribution in [0.3, 0.4) is 0 Å². The van der Waals surface area contributed by atoms with Crippen molar-refractivity contribution in [2.24, 2.45) is 5.73 Å². The molecular weight excluding hydrogens is 1220 g/mol. The molecule has 6 aromatic carbocycles. The minimum atomic E-state index is -1.30. The molecule has 6 aromatic rings. The van der Waals surface area contributed by atoms with E-state index in [0.29, 0.717) is 65.9 Å². The maximum atomic E-state index is 14.7. The minimum Gasteiger partial charge on any atom is -0.492 e. The quantitative estimate of drug-likeness (QED) is 0.0237. The van der Waals surface area contributed by atoms with E-state index in [0.717, 1.165) is 34.4 Å². The van der Waals surface area contributed by atoms with Crippen molar-refractivity contribution < 1.29 is 62.1 Å². The van der Waals surface area contributed by atoms with Crippen molar-refractivity contribution in [1.29, 1.82) is 0 Å². The highest BCUT2D eigenvalue weighted by atomic mass is 16.6. The standard InChI is InChI=1S/C70H82N12O13/c1-7-62(84)81-43(2)39-60(56-19-12-13-21-59(56)81)82(50-30-26-47(27-31-50)74-61(83)40-73-68(89)76-49-28-32-51(33-29-49)93-38-37-80-36-35-79(5)66(87)44(80)3)70(91)95-41-46-22-24-48(25-23-46)75-64(85)58(20-14-34-72-67(71)88)77-65(86)63(45(4)92-6)78-69(90)94-42-57-54-17-10-8-15-52(54)53-16-9-11-18-55(53)57/h8-13,15-19,21-33,43-45,57-58,60,63H,7,14,20,34-42H2,1-6H3,(H,74,83)(H,75,85)(H,77,86)(H,78,90)(H3,71,72,88)(H2,73,76,89)/t43-,44+,45?,58-,60+,63-/m0/s1. The summed E-state index contributed by atoms with van der Waals surface area (Å²) in [6.07, 6.45) is -1.55. The van der Waals surface area contributed by atoms with Gasteiger partial charge in [-0.3, -0.25) is 33.8 Å². The number of ether oxygens (including phenoxy) is 4. The molecule has 9 rings (SSSR count). The molecule has 500 valence electrons. The second kappa shape index (κ2) is 32.4. The lowest BCUT2D eigenvalue weighted by molar-refractivity contribution is -0.139. The number of rotatable bonds is 26. The van der Waals surface area contributed by atoms with Crippen LogP contribution in [0.25, 0.3) is 11.1 Å². The second-order valence-corrected chi connectivity index (χ2v) is 23.5. The van der Waals surface area contributed by atoms with Gasteiger partial charge in [0.2, 0.25) is 29.5 Å². The first-order chi connectivity index (χ1) is 45.8. The fourth-order valence-corrected chi connectivity index (χ4v) is 12.0. The molecule has 0 aromatic heterocycles. The summed E-state index contributed by atoms with van der Waals surface area (Å²) >= 11 is 0. The average molecular weight is 1300 g/mol. The molecule has 2 aliphatic heterocycles. The molecule has 3 aliphatic rings. The smallest absolute Gasteiger partial charge is 0.415 e. The maximum absolute atomic E-state index is 14.7. The Labute approximate surface area is 551 Å². The van der Waals surface area contributed by atoms with Crippen LogP contribution in [0.5, 0.6) is 5.75 Å². The van der Waals surface area contributed by atoms with Gasteiger partial charge in [-0.05, 0) is 140 Å². The number of benzene rings is 6. The highest BCUT2D eigenvalue weighted by Crippen LogP contribution is 2.45. The third kappa shape index (κ3) is 17.6. The number of primary amides is 1. The van der Waals surface area contributed by atoms with E-state index in [1.165, 1.54) is 12.0 Å². The molecule has 0 bridgehead atoms. The van der Waals surface area contributed by atoms with Crippen molar-refractivity contribution in [3.05, 3.63) is 168 Å². The molecule has 0 radical (unpaired) electrons. The van der Waals surface area contributed by atoms with Gasteiger partial charge in [-0.2, -0.15) is 0 Å². The Kier molecular flexibility index (Phi) is 23.4. The monoisotopic (exact) mass is 1300 g/mol. The van der Waals surface area contributed by atoms with Gasteiger partial charge in [-0.25, -0.2) is 19.2 Å². The predicted octanol–water partition coefficient (Wildman–Crippen LogP) is 8.22. The predicted molar refractivity (Wildman–Crippen MR) is 359 cm³/mol. The molecule has 0 saturated carbocycles. The van der Waals surface area contributed by atoms with Crippen molar-refractivity contribution in [3.63, 3.8) is 0 Å². The summed E-state index contributed by atoms with van der Waals surface area (Å²) in [5.41, 5.74) is 13.0. The van der Waals surface area contributed by atoms with E-state index >= 15 is 0 Å². The van der Waals surface area contributed by atoms with E-state index in [1.54, 1.807) is 103 Å². The molecule has 9 N–H and O–H groups in total. The third-order valence-corrected chi connectivity index (χ3v) is 17.2. The van der Waals surface area contributed by atoms with E-state index < -0.39 is 66.2 Å². The molecular formula is C70H82N12O13. The number of anilines is 5. The van der Waals surface area contributed by atoms with Crippen LogP contribution in [0.15, 0.2) is 146 Å². The Morgan fingerprint density at radius 2 is 1.33 bits per heavy atom. The number of fused-ring (bicyclic) bond motifs is 4. The van der Waals surface area contributed by atoms with Crippen molar-refractivity contribution in [2.45, 2.75) is 102 Å².